The molecule has 1 saturated heterocycles. The molecule has 0 unspecified atom stereocenters. The molecule has 20 heavy (non-hydrogen) atoms. The second-order valence-electron chi connectivity index (χ2n) is 6.73. The van der Waals surface area contributed by atoms with Crippen LogP contribution in [0.1, 0.15) is 45.2 Å². The highest BCUT2D eigenvalue weighted by molar-refractivity contribution is 5.46. The highest BCUT2D eigenvalue weighted by atomic mass is 15.1. The van der Waals surface area contributed by atoms with E-state index in [0.717, 1.165) is 24.4 Å². The van der Waals surface area contributed by atoms with Crippen LogP contribution in [0.2, 0.25) is 0 Å². The lowest BCUT2D eigenvalue weighted by Crippen LogP contribution is -2.35. The molecule has 2 heterocycles. The maximum absolute atomic E-state index is 4.49. The van der Waals surface area contributed by atoms with Gasteiger partial charge in [-0.3, -0.25) is 4.98 Å². The molecule has 0 aromatic carbocycles. The minimum atomic E-state index is 0.752. The molecule has 0 radical (unpaired) electrons. The van der Waals surface area contributed by atoms with E-state index >= 15 is 0 Å². The van der Waals surface area contributed by atoms with E-state index < -0.39 is 0 Å². The van der Waals surface area contributed by atoms with Gasteiger partial charge < -0.3 is 10.2 Å². The van der Waals surface area contributed by atoms with Crippen molar-refractivity contribution in [3.8, 4) is 0 Å². The van der Waals surface area contributed by atoms with Crippen LogP contribution in [-0.4, -0.2) is 24.1 Å². The first-order chi connectivity index (χ1) is 9.72. The van der Waals surface area contributed by atoms with Gasteiger partial charge in [-0.25, -0.2) is 0 Å². The Morgan fingerprint density at radius 3 is 2.65 bits per heavy atom. The fourth-order valence-electron chi connectivity index (χ4n) is 3.12. The van der Waals surface area contributed by atoms with Crippen molar-refractivity contribution < 1.29 is 0 Å². The average Bonchev–Trinajstić information content (AvgIpc) is 3.30. The summed E-state index contributed by atoms with van der Waals surface area (Å²) in [6.07, 6.45) is 7.30. The number of nitrogens with one attached hydrogen (secondary N) is 1. The fourth-order valence-corrected chi connectivity index (χ4v) is 3.12. The third kappa shape index (κ3) is 3.51. The van der Waals surface area contributed by atoms with Gasteiger partial charge in [-0.05, 0) is 49.7 Å². The third-order valence-electron chi connectivity index (χ3n) is 4.80. The number of hydrogen-bond donors (Lipinski definition) is 1. The maximum atomic E-state index is 4.49. The summed E-state index contributed by atoms with van der Waals surface area (Å²) in [7, 11) is 0. The van der Waals surface area contributed by atoms with Crippen molar-refractivity contribution >= 4 is 5.69 Å². The monoisotopic (exact) mass is 273 g/mol. The van der Waals surface area contributed by atoms with Crippen molar-refractivity contribution in [2.24, 2.45) is 11.8 Å². The van der Waals surface area contributed by atoms with Crippen LogP contribution in [0.15, 0.2) is 18.3 Å². The van der Waals surface area contributed by atoms with E-state index in [1.54, 1.807) is 0 Å². The maximum Gasteiger partial charge on any atom is 0.0562 e. The largest absolute Gasteiger partial charge is 0.371 e. The normalized spacial score (nSPS) is 20.6. The lowest BCUT2D eigenvalue weighted by molar-refractivity contribution is 0.311. The topological polar surface area (TPSA) is 28.2 Å². The van der Waals surface area contributed by atoms with Crippen molar-refractivity contribution in [2.75, 3.05) is 18.0 Å². The lowest BCUT2D eigenvalue weighted by Gasteiger charge is -2.35. The molecule has 2 fully saturated rings. The van der Waals surface area contributed by atoms with Gasteiger partial charge in [-0.1, -0.05) is 13.8 Å². The van der Waals surface area contributed by atoms with Crippen LogP contribution in [-0.2, 0) is 6.54 Å². The van der Waals surface area contributed by atoms with Crippen LogP contribution in [0.5, 0.6) is 0 Å². The van der Waals surface area contributed by atoms with Crippen molar-refractivity contribution in [3.05, 3.63) is 24.0 Å². The molecule has 3 nitrogen and oxygen atoms in total. The van der Waals surface area contributed by atoms with Crippen molar-refractivity contribution in [1.29, 1.82) is 0 Å². The number of anilines is 1. The number of rotatable bonds is 5. The first-order valence-corrected chi connectivity index (χ1v) is 8.15. The van der Waals surface area contributed by atoms with Crippen LogP contribution in [0, 0.1) is 11.8 Å². The van der Waals surface area contributed by atoms with Crippen molar-refractivity contribution in [1.82, 2.24) is 10.3 Å². The van der Waals surface area contributed by atoms with E-state index in [0.29, 0.717) is 0 Å². The number of piperidine rings is 1. The molecular weight excluding hydrogens is 246 g/mol. The van der Waals surface area contributed by atoms with Gasteiger partial charge in [-0.15, -0.1) is 0 Å². The SMILES string of the molecule is CC(C)C1CCN(c2ccnc(CNC3CC3)c2)CC1. The van der Waals surface area contributed by atoms with Gasteiger partial charge in [0, 0.05) is 37.6 Å². The van der Waals surface area contributed by atoms with E-state index in [4.69, 9.17) is 0 Å². The third-order valence-corrected chi connectivity index (χ3v) is 4.80. The Morgan fingerprint density at radius 2 is 2.00 bits per heavy atom. The Balaban J connectivity index is 1.57. The first-order valence-electron chi connectivity index (χ1n) is 8.15. The van der Waals surface area contributed by atoms with Gasteiger partial charge in [0.2, 0.25) is 0 Å². The predicted octanol–water partition coefficient (Wildman–Crippen LogP) is 3.21. The zero-order valence-corrected chi connectivity index (χ0v) is 12.8. The quantitative estimate of drug-likeness (QED) is 0.893. The molecule has 3 heteroatoms. The molecule has 1 N–H and O–H groups in total. The molecular formula is C17H27N3. The van der Waals surface area contributed by atoms with E-state index in [9.17, 15) is 0 Å². The van der Waals surface area contributed by atoms with Gasteiger partial charge in [0.1, 0.15) is 0 Å². The Labute approximate surface area is 122 Å². The summed E-state index contributed by atoms with van der Waals surface area (Å²) in [5, 5.41) is 3.54. The number of nitrogens with zero attached hydrogens (tertiary/aromatic N) is 2. The Morgan fingerprint density at radius 1 is 1.25 bits per heavy atom. The molecule has 0 atom stereocenters. The van der Waals surface area contributed by atoms with E-state index in [2.05, 4.69) is 41.2 Å². The Hall–Kier alpha value is -1.09. The van der Waals surface area contributed by atoms with Gasteiger partial charge in [0.05, 0.1) is 5.69 Å². The van der Waals surface area contributed by atoms with E-state index in [1.807, 2.05) is 6.20 Å². The standard InChI is InChI=1S/C17H27N3/c1-13(2)14-6-9-20(10-7-14)17-5-8-18-16(11-17)12-19-15-3-4-15/h5,8,11,13-15,19H,3-4,6-7,9-10,12H2,1-2H3. The summed E-state index contributed by atoms with van der Waals surface area (Å²) < 4.78 is 0. The molecule has 0 spiro atoms. The summed E-state index contributed by atoms with van der Waals surface area (Å²) in [6, 6.07) is 5.18. The van der Waals surface area contributed by atoms with Gasteiger partial charge >= 0.3 is 0 Å². The summed E-state index contributed by atoms with van der Waals surface area (Å²) >= 11 is 0. The van der Waals surface area contributed by atoms with Crippen molar-refractivity contribution in [3.63, 3.8) is 0 Å². The minimum absolute atomic E-state index is 0.752. The summed E-state index contributed by atoms with van der Waals surface area (Å²) in [4.78, 5) is 7.02. The summed E-state index contributed by atoms with van der Waals surface area (Å²) in [6.45, 7) is 8.02. The molecule has 110 valence electrons. The second-order valence-corrected chi connectivity index (χ2v) is 6.73. The molecule has 1 aromatic rings. The Bertz CT molecular complexity index is 432. The molecule has 0 amide bonds. The lowest BCUT2D eigenvalue weighted by atomic mass is 9.86. The van der Waals surface area contributed by atoms with E-state index in [-0.39, 0.29) is 0 Å². The molecule has 1 saturated carbocycles. The highest BCUT2D eigenvalue weighted by Gasteiger charge is 2.22. The predicted molar refractivity (Wildman–Crippen MR) is 83.9 cm³/mol. The van der Waals surface area contributed by atoms with E-state index in [1.165, 1.54) is 50.2 Å². The molecule has 0 bridgehead atoms. The van der Waals surface area contributed by atoms with Gasteiger partial charge in [0.15, 0.2) is 0 Å². The first kappa shape index (κ1) is 13.9. The Kier molecular flexibility index (Phi) is 4.25. The summed E-state index contributed by atoms with van der Waals surface area (Å²) in [5.74, 6) is 1.73. The van der Waals surface area contributed by atoms with Crippen LogP contribution >= 0.6 is 0 Å². The number of aromatic nitrogens is 1. The van der Waals surface area contributed by atoms with Gasteiger partial charge in [0.25, 0.3) is 0 Å². The van der Waals surface area contributed by atoms with Crippen molar-refractivity contribution in [2.45, 2.75) is 52.1 Å². The summed E-state index contributed by atoms with van der Waals surface area (Å²) in [5.41, 5.74) is 2.54. The van der Waals surface area contributed by atoms with Crippen LogP contribution in [0.4, 0.5) is 5.69 Å². The van der Waals surface area contributed by atoms with Gasteiger partial charge in [-0.2, -0.15) is 0 Å². The minimum Gasteiger partial charge on any atom is -0.371 e. The highest BCUT2D eigenvalue weighted by Crippen LogP contribution is 2.28. The zero-order chi connectivity index (χ0) is 13.9. The zero-order valence-electron chi connectivity index (χ0n) is 12.8. The molecule has 1 aliphatic heterocycles. The molecule has 3 rings (SSSR count). The smallest absolute Gasteiger partial charge is 0.0562 e. The second kappa shape index (κ2) is 6.13. The fraction of sp³-hybridized carbons (Fsp3) is 0.706. The van der Waals surface area contributed by atoms with Crippen LogP contribution in [0.3, 0.4) is 0 Å². The van der Waals surface area contributed by atoms with Crippen LogP contribution in [0.25, 0.3) is 0 Å². The number of pyridine rings is 1. The number of hydrogen-bond acceptors (Lipinski definition) is 3. The molecule has 1 aromatic heterocycles. The molecule has 1 aliphatic carbocycles. The van der Waals surface area contributed by atoms with Crippen LogP contribution < -0.4 is 10.2 Å². The molecule has 2 aliphatic rings. The average molecular weight is 273 g/mol.